The zero-order valence-electron chi connectivity index (χ0n) is 15.5. The topological polar surface area (TPSA) is 84.6 Å². The molecule has 142 valence electrons. The predicted molar refractivity (Wildman–Crippen MR) is 112 cm³/mol. The molecule has 0 aliphatic heterocycles. The van der Waals surface area contributed by atoms with E-state index in [0.717, 1.165) is 5.56 Å². The molecule has 0 bridgehead atoms. The van der Waals surface area contributed by atoms with Gasteiger partial charge in [0, 0.05) is 27.8 Å². The number of fused-ring (bicyclic) bond motifs is 3. The minimum atomic E-state index is -0.517. The zero-order chi connectivity index (χ0) is 20.5. The number of aryl methyl sites for hydroxylation is 1. The van der Waals surface area contributed by atoms with Gasteiger partial charge in [-0.25, -0.2) is 4.79 Å². The Hall–Kier alpha value is -3.99. The van der Waals surface area contributed by atoms with Crippen molar-refractivity contribution in [2.75, 3.05) is 0 Å². The van der Waals surface area contributed by atoms with Crippen LogP contribution in [-0.2, 0) is 0 Å². The molecule has 0 aliphatic rings. The lowest BCUT2D eigenvalue weighted by Gasteiger charge is -2.11. The normalized spacial score (nSPS) is 11.3. The van der Waals surface area contributed by atoms with Gasteiger partial charge in [0.2, 0.25) is 0 Å². The van der Waals surface area contributed by atoms with Crippen LogP contribution in [0.1, 0.15) is 31.8 Å². The largest absolute Gasteiger partial charge is 0.507 e. The number of allylic oxidation sites excluding steroid dienone is 1. The van der Waals surface area contributed by atoms with E-state index in [1.54, 1.807) is 49.4 Å². The Bertz CT molecular complexity index is 1360. The summed E-state index contributed by atoms with van der Waals surface area (Å²) < 4.78 is 5.44. The predicted octanol–water partition coefficient (Wildman–Crippen LogP) is 4.67. The summed E-state index contributed by atoms with van der Waals surface area (Å²) in [7, 11) is 0. The molecule has 4 aromatic rings. The van der Waals surface area contributed by atoms with Gasteiger partial charge in [-0.2, -0.15) is 0 Å². The van der Waals surface area contributed by atoms with Crippen molar-refractivity contribution < 1.29 is 19.1 Å². The Kier molecular flexibility index (Phi) is 4.56. The summed E-state index contributed by atoms with van der Waals surface area (Å²) in [5, 5.41) is 12.0. The molecule has 0 radical (unpaired) electrons. The number of hydrogen-bond donors (Lipinski definition) is 1. The molecule has 5 heteroatoms. The second-order valence-electron chi connectivity index (χ2n) is 6.70. The lowest BCUT2D eigenvalue weighted by atomic mass is 9.96. The van der Waals surface area contributed by atoms with Crippen LogP contribution < -0.4 is 5.63 Å². The Morgan fingerprint density at radius 1 is 1.00 bits per heavy atom. The third kappa shape index (κ3) is 3.23. The lowest BCUT2D eigenvalue weighted by molar-refractivity contribution is 0.104. The minimum absolute atomic E-state index is 0.0821. The molecule has 0 spiro atoms. The molecule has 0 saturated carbocycles. The zero-order valence-corrected chi connectivity index (χ0v) is 15.5. The van der Waals surface area contributed by atoms with Crippen molar-refractivity contribution in [1.82, 2.24) is 0 Å². The van der Waals surface area contributed by atoms with E-state index in [-0.39, 0.29) is 17.1 Å². The van der Waals surface area contributed by atoms with Gasteiger partial charge in [-0.1, -0.05) is 42.5 Å². The van der Waals surface area contributed by atoms with Gasteiger partial charge in [0.15, 0.2) is 12.1 Å². The van der Waals surface area contributed by atoms with Crippen LogP contribution in [0.15, 0.2) is 69.9 Å². The standard InChI is InChI=1S/C24H16O5/c1-14-11-21(27)29-24-18(14)8-9-19-22(24)16(12-17(13-25)23(19)28)7-10-20(26)15-5-3-2-4-6-15/h2-13,28H,1H3/b10-7+. The maximum absolute atomic E-state index is 12.5. The summed E-state index contributed by atoms with van der Waals surface area (Å²) in [5.74, 6) is -0.412. The summed E-state index contributed by atoms with van der Waals surface area (Å²) in [6.45, 7) is 1.79. The molecule has 0 amide bonds. The van der Waals surface area contributed by atoms with Crippen LogP contribution >= 0.6 is 0 Å². The first-order chi connectivity index (χ1) is 14.0. The minimum Gasteiger partial charge on any atom is -0.507 e. The summed E-state index contributed by atoms with van der Waals surface area (Å²) >= 11 is 0. The lowest BCUT2D eigenvalue weighted by Crippen LogP contribution is -1.99. The van der Waals surface area contributed by atoms with Crippen molar-refractivity contribution in [1.29, 1.82) is 0 Å². The smallest absolute Gasteiger partial charge is 0.336 e. The quantitative estimate of drug-likeness (QED) is 0.182. The molecule has 1 heterocycles. The number of rotatable bonds is 4. The molecule has 0 saturated heterocycles. The number of carbonyl (C=O) groups excluding carboxylic acids is 2. The fourth-order valence-corrected chi connectivity index (χ4v) is 3.42. The van der Waals surface area contributed by atoms with Gasteiger partial charge in [-0.05, 0) is 36.3 Å². The van der Waals surface area contributed by atoms with Crippen molar-refractivity contribution in [3.8, 4) is 5.75 Å². The van der Waals surface area contributed by atoms with Crippen LogP contribution in [-0.4, -0.2) is 17.2 Å². The second-order valence-corrected chi connectivity index (χ2v) is 6.70. The molecule has 0 atom stereocenters. The average molecular weight is 384 g/mol. The SMILES string of the molecule is Cc1cc(=O)oc2c1ccc1c(O)c(C=O)cc(/C=C/C(=O)c3ccccc3)c12. The third-order valence-corrected chi connectivity index (χ3v) is 4.85. The second kappa shape index (κ2) is 7.20. The summed E-state index contributed by atoms with van der Waals surface area (Å²) in [4.78, 5) is 35.9. The van der Waals surface area contributed by atoms with Gasteiger partial charge in [0.1, 0.15) is 11.3 Å². The van der Waals surface area contributed by atoms with Gasteiger partial charge in [-0.15, -0.1) is 0 Å². The van der Waals surface area contributed by atoms with Crippen molar-refractivity contribution in [3.05, 3.63) is 93.3 Å². The van der Waals surface area contributed by atoms with E-state index >= 15 is 0 Å². The molecule has 0 aliphatic carbocycles. The highest BCUT2D eigenvalue weighted by Gasteiger charge is 2.16. The number of aldehydes is 1. The van der Waals surface area contributed by atoms with Crippen LogP contribution in [0.25, 0.3) is 27.8 Å². The maximum Gasteiger partial charge on any atom is 0.336 e. The highest BCUT2D eigenvalue weighted by atomic mass is 16.4. The third-order valence-electron chi connectivity index (χ3n) is 4.85. The van der Waals surface area contributed by atoms with Crippen molar-refractivity contribution in [3.63, 3.8) is 0 Å². The Balaban J connectivity index is 2.01. The summed E-state index contributed by atoms with van der Waals surface area (Å²) in [6, 6.07) is 15.0. The van der Waals surface area contributed by atoms with E-state index in [1.165, 1.54) is 18.2 Å². The molecular weight excluding hydrogens is 368 g/mol. The number of phenols is 1. The maximum atomic E-state index is 12.5. The molecule has 0 fully saturated rings. The van der Waals surface area contributed by atoms with Gasteiger partial charge in [0.25, 0.3) is 0 Å². The van der Waals surface area contributed by atoms with E-state index in [4.69, 9.17) is 4.42 Å². The van der Waals surface area contributed by atoms with Crippen molar-refractivity contribution in [2.45, 2.75) is 6.92 Å². The molecule has 0 unspecified atom stereocenters. The fraction of sp³-hybridized carbons (Fsp3) is 0.0417. The first kappa shape index (κ1) is 18.4. The number of phenolic OH excluding ortho intramolecular Hbond substituents is 1. The molecule has 3 aromatic carbocycles. The Labute approximate surface area is 165 Å². The van der Waals surface area contributed by atoms with Crippen LogP contribution in [0.3, 0.4) is 0 Å². The number of carbonyl (C=O) groups is 2. The van der Waals surface area contributed by atoms with E-state index in [2.05, 4.69) is 0 Å². The average Bonchev–Trinajstić information content (AvgIpc) is 2.73. The van der Waals surface area contributed by atoms with Crippen molar-refractivity contribution >= 4 is 39.9 Å². The van der Waals surface area contributed by atoms with E-state index in [9.17, 15) is 19.5 Å². The van der Waals surface area contributed by atoms with E-state index < -0.39 is 5.63 Å². The van der Waals surface area contributed by atoms with Crippen molar-refractivity contribution in [2.24, 2.45) is 0 Å². The van der Waals surface area contributed by atoms with Gasteiger partial charge < -0.3 is 9.52 Å². The highest BCUT2D eigenvalue weighted by Crippen LogP contribution is 2.37. The highest BCUT2D eigenvalue weighted by molar-refractivity contribution is 6.14. The first-order valence-electron chi connectivity index (χ1n) is 8.95. The molecule has 5 nitrogen and oxygen atoms in total. The van der Waals surface area contributed by atoms with Gasteiger partial charge >= 0.3 is 5.63 Å². The summed E-state index contributed by atoms with van der Waals surface area (Å²) in [6.07, 6.45) is 3.50. The number of hydrogen-bond acceptors (Lipinski definition) is 5. The van der Waals surface area contributed by atoms with Gasteiger partial charge in [0.05, 0.1) is 5.56 Å². The van der Waals surface area contributed by atoms with E-state index in [0.29, 0.717) is 39.2 Å². The number of aromatic hydroxyl groups is 1. The number of ketones is 1. The molecule has 1 aromatic heterocycles. The first-order valence-corrected chi connectivity index (χ1v) is 8.95. The molecule has 4 rings (SSSR count). The van der Waals surface area contributed by atoms with Crippen LogP contribution in [0.5, 0.6) is 5.75 Å². The monoisotopic (exact) mass is 384 g/mol. The van der Waals surface area contributed by atoms with Crippen LogP contribution in [0, 0.1) is 6.92 Å². The molecule has 1 N–H and O–H groups in total. The summed E-state index contributed by atoms with van der Waals surface area (Å²) in [5.41, 5.74) is 1.60. The molecular formula is C24H16O5. The van der Waals surface area contributed by atoms with Gasteiger partial charge in [-0.3, -0.25) is 9.59 Å². The molecule has 29 heavy (non-hydrogen) atoms. The van der Waals surface area contributed by atoms with Crippen LogP contribution in [0.4, 0.5) is 0 Å². The number of benzene rings is 3. The van der Waals surface area contributed by atoms with Crippen LogP contribution in [0.2, 0.25) is 0 Å². The fourth-order valence-electron chi connectivity index (χ4n) is 3.42. The Morgan fingerprint density at radius 2 is 1.72 bits per heavy atom. The Morgan fingerprint density at radius 3 is 2.45 bits per heavy atom. The van der Waals surface area contributed by atoms with E-state index in [1.807, 2.05) is 6.07 Å².